The molecule has 3 nitrogen and oxygen atoms in total. The van der Waals surface area contributed by atoms with Crippen molar-refractivity contribution >= 4 is 17.5 Å². The molecule has 0 saturated heterocycles. The van der Waals surface area contributed by atoms with Crippen molar-refractivity contribution in [2.75, 3.05) is 6.54 Å². The van der Waals surface area contributed by atoms with E-state index >= 15 is 0 Å². The van der Waals surface area contributed by atoms with Crippen LogP contribution in [-0.4, -0.2) is 27.9 Å². The Hall–Kier alpha value is -1.35. The van der Waals surface area contributed by atoms with Crippen LogP contribution in [0, 0.1) is 0 Å². The van der Waals surface area contributed by atoms with Gasteiger partial charge in [0.2, 0.25) is 0 Å². The van der Waals surface area contributed by atoms with Crippen LogP contribution in [0.25, 0.3) is 0 Å². The zero-order valence-electron chi connectivity index (χ0n) is 10.4. The summed E-state index contributed by atoms with van der Waals surface area (Å²) in [5.74, 6) is -0.0679. The maximum Gasteiger partial charge on any atom is 0.254 e. The van der Waals surface area contributed by atoms with Crippen molar-refractivity contribution in [2.24, 2.45) is 0 Å². The number of hydrogen-bond donors (Lipinski definition) is 0. The number of carbonyl (C=O) groups excluding carboxylic acids is 1. The van der Waals surface area contributed by atoms with Gasteiger partial charge >= 0.3 is 0 Å². The van der Waals surface area contributed by atoms with Gasteiger partial charge in [-0.15, -0.1) is 6.58 Å². The highest BCUT2D eigenvalue weighted by molar-refractivity contribution is 6.29. The van der Waals surface area contributed by atoms with Crippen molar-refractivity contribution < 1.29 is 4.79 Å². The SMILES string of the molecule is C=CCN(C(=O)c1ccnc(Cl)c1)C(C)(C)C. The van der Waals surface area contributed by atoms with Gasteiger partial charge in [-0.25, -0.2) is 4.98 Å². The first-order valence-corrected chi connectivity index (χ1v) is 5.78. The largest absolute Gasteiger partial charge is 0.330 e. The highest BCUT2D eigenvalue weighted by Crippen LogP contribution is 2.18. The second-order valence-corrected chi connectivity index (χ2v) is 5.13. The highest BCUT2D eigenvalue weighted by atomic mass is 35.5. The number of rotatable bonds is 3. The Labute approximate surface area is 107 Å². The smallest absolute Gasteiger partial charge is 0.254 e. The average molecular weight is 253 g/mol. The maximum absolute atomic E-state index is 12.3. The molecule has 0 unspecified atom stereocenters. The van der Waals surface area contributed by atoms with E-state index in [9.17, 15) is 4.79 Å². The van der Waals surface area contributed by atoms with Crippen molar-refractivity contribution in [1.29, 1.82) is 0 Å². The van der Waals surface area contributed by atoms with E-state index in [4.69, 9.17) is 11.6 Å². The van der Waals surface area contributed by atoms with Gasteiger partial charge in [0.25, 0.3) is 5.91 Å². The van der Waals surface area contributed by atoms with Crippen LogP contribution in [0.1, 0.15) is 31.1 Å². The fourth-order valence-electron chi connectivity index (χ4n) is 1.48. The van der Waals surface area contributed by atoms with Crippen molar-refractivity contribution in [3.05, 3.63) is 41.7 Å². The number of nitrogens with zero attached hydrogens (tertiary/aromatic N) is 2. The lowest BCUT2D eigenvalue weighted by atomic mass is 10.0. The van der Waals surface area contributed by atoms with Crippen LogP contribution in [0.4, 0.5) is 0 Å². The Morgan fingerprint density at radius 2 is 2.24 bits per heavy atom. The monoisotopic (exact) mass is 252 g/mol. The van der Waals surface area contributed by atoms with E-state index in [0.29, 0.717) is 17.3 Å². The Balaban J connectivity index is 3.04. The Morgan fingerprint density at radius 1 is 1.59 bits per heavy atom. The summed E-state index contributed by atoms with van der Waals surface area (Å²) >= 11 is 5.78. The van der Waals surface area contributed by atoms with E-state index in [2.05, 4.69) is 11.6 Å². The molecule has 0 radical (unpaired) electrons. The molecule has 92 valence electrons. The molecule has 1 heterocycles. The molecular formula is C13H17ClN2O. The maximum atomic E-state index is 12.3. The molecule has 0 aliphatic heterocycles. The van der Waals surface area contributed by atoms with Gasteiger partial charge < -0.3 is 4.90 Å². The number of aromatic nitrogens is 1. The quantitative estimate of drug-likeness (QED) is 0.612. The number of amides is 1. The third-order valence-electron chi connectivity index (χ3n) is 2.34. The Morgan fingerprint density at radius 3 is 2.71 bits per heavy atom. The molecule has 0 aliphatic carbocycles. The van der Waals surface area contributed by atoms with E-state index < -0.39 is 0 Å². The summed E-state index contributed by atoms with van der Waals surface area (Å²) < 4.78 is 0. The van der Waals surface area contributed by atoms with Crippen molar-refractivity contribution in [3.63, 3.8) is 0 Å². The third kappa shape index (κ3) is 3.56. The molecule has 1 aromatic rings. The second-order valence-electron chi connectivity index (χ2n) is 4.74. The molecule has 0 aromatic carbocycles. The van der Waals surface area contributed by atoms with E-state index in [1.54, 1.807) is 23.1 Å². The van der Waals surface area contributed by atoms with Gasteiger partial charge in [0.05, 0.1) is 0 Å². The summed E-state index contributed by atoms with van der Waals surface area (Å²) in [6.07, 6.45) is 3.25. The molecule has 17 heavy (non-hydrogen) atoms. The molecule has 0 saturated carbocycles. The summed E-state index contributed by atoms with van der Waals surface area (Å²) in [5.41, 5.74) is 0.280. The number of hydrogen-bond acceptors (Lipinski definition) is 2. The first-order valence-electron chi connectivity index (χ1n) is 5.40. The Bertz CT molecular complexity index is 424. The molecule has 1 aromatic heterocycles. The third-order valence-corrected chi connectivity index (χ3v) is 2.55. The summed E-state index contributed by atoms with van der Waals surface area (Å²) in [6.45, 7) is 10.1. The molecule has 0 spiro atoms. The van der Waals surface area contributed by atoms with Gasteiger partial charge in [-0.05, 0) is 32.9 Å². The average Bonchev–Trinajstić information content (AvgIpc) is 2.23. The number of carbonyl (C=O) groups is 1. The summed E-state index contributed by atoms with van der Waals surface area (Å²) in [6, 6.07) is 3.24. The molecule has 0 fully saturated rings. The van der Waals surface area contributed by atoms with E-state index in [1.807, 2.05) is 20.8 Å². The first-order chi connectivity index (χ1) is 7.86. The first kappa shape index (κ1) is 13.7. The van der Waals surface area contributed by atoms with Gasteiger partial charge in [-0.2, -0.15) is 0 Å². The highest BCUT2D eigenvalue weighted by Gasteiger charge is 2.26. The van der Waals surface area contributed by atoms with E-state index in [1.165, 1.54) is 6.20 Å². The van der Waals surface area contributed by atoms with Crippen molar-refractivity contribution in [3.8, 4) is 0 Å². The molecule has 0 bridgehead atoms. The minimum absolute atomic E-state index is 0.0679. The molecule has 0 atom stereocenters. The molecule has 4 heteroatoms. The van der Waals surface area contributed by atoms with Gasteiger partial charge in [-0.1, -0.05) is 17.7 Å². The predicted octanol–water partition coefficient (Wildman–Crippen LogP) is 3.16. The molecular weight excluding hydrogens is 236 g/mol. The number of pyridine rings is 1. The Kier molecular flexibility index (Phi) is 4.29. The molecule has 1 rings (SSSR count). The fraction of sp³-hybridized carbons (Fsp3) is 0.385. The minimum atomic E-state index is -0.263. The van der Waals surface area contributed by atoms with Crippen molar-refractivity contribution in [1.82, 2.24) is 9.88 Å². The van der Waals surface area contributed by atoms with Crippen LogP contribution >= 0.6 is 11.6 Å². The lowest BCUT2D eigenvalue weighted by Gasteiger charge is -2.35. The molecule has 1 amide bonds. The normalized spacial score (nSPS) is 11.1. The van der Waals surface area contributed by atoms with Crippen LogP contribution < -0.4 is 0 Å². The van der Waals surface area contributed by atoms with Gasteiger partial charge in [0.1, 0.15) is 5.15 Å². The molecule has 0 aliphatic rings. The summed E-state index contributed by atoms with van der Waals surface area (Å²) in [5, 5.41) is 0.323. The summed E-state index contributed by atoms with van der Waals surface area (Å²) in [4.78, 5) is 17.9. The topological polar surface area (TPSA) is 33.2 Å². The number of halogens is 1. The van der Waals surface area contributed by atoms with Crippen LogP contribution in [0.2, 0.25) is 5.15 Å². The lowest BCUT2D eigenvalue weighted by molar-refractivity contribution is 0.0616. The van der Waals surface area contributed by atoms with Gasteiger partial charge in [0.15, 0.2) is 0 Å². The van der Waals surface area contributed by atoms with Crippen molar-refractivity contribution in [2.45, 2.75) is 26.3 Å². The molecule has 0 N–H and O–H groups in total. The zero-order chi connectivity index (χ0) is 13.1. The van der Waals surface area contributed by atoms with E-state index in [-0.39, 0.29) is 11.4 Å². The van der Waals surface area contributed by atoms with E-state index in [0.717, 1.165) is 0 Å². The van der Waals surface area contributed by atoms with Gasteiger partial charge in [0, 0.05) is 23.8 Å². The van der Waals surface area contributed by atoms with Crippen LogP contribution in [0.15, 0.2) is 31.0 Å². The van der Waals surface area contributed by atoms with Crippen LogP contribution in [0.5, 0.6) is 0 Å². The fourth-order valence-corrected chi connectivity index (χ4v) is 1.66. The minimum Gasteiger partial charge on any atom is -0.330 e. The second kappa shape index (κ2) is 5.32. The van der Waals surface area contributed by atoms with Crippen LogP contribution in [0.3, 0.4) is 0 Å². The lowest BCUT2D eigenvalue weighted by Crippen LogP contribution is -2.45. The predicted molar refractivity (Wildman–Crippen MR) is 70.2 cm³/mol. The van der Waals surface area contributed by atoms with Crippen LogP contribution in [-0.2, 0) is 0 Å². The zero-order valence-corrected chi connectivity index (χ0v) is 11.2. The standard InChI is InChI=1S/C13H17ClN2O/c1-5-8-16(13(2,3)4)12(17)10-6-7-15-11(14)9-10/h5-7,9H,1,8H2,2-4H3. The van der Waals surface area contributed by atoms with Gasteiger partial charge in [-0.3, -0.25) is 4.79 Å². The summed E-state index contributed by atoms with van der Waals surface area (Å²) in [7, 11) is 0.